The fourth-order valence-corrected chi connectivity index (χ4v) is 4.32. The van der Waals surface area contributed by atoms with Crippen LogP contribution < -0.4 is 9.64 Å². The predicted molar refractivity (Wildman–Crippen MR) is 113 cm³/mol. The zero-order valence-electron chi connectivity index (χ0n) is 16.6. The van der Waals surface area contributed by atoms with Gasteiger partial charge in [-0.2, -0.15) is 0 Å². The van der Waals surface area contributed by atoms with E-state index in [0.29, 0.717) is 35.7 Å². The molecule has 8 heteroatoms. The molecule has 3 aromatic rings. The van der Waals surface area contributed by atoms with Gasteiger partial charge in [0.2, 0.25) is 0 Å². The van der Waals surface area contributed by atoms with Crippen LogP contribution in [0.5, 0.6) is 5.75 Å². The second kappa shape index (κ2) is 7.96. The number of piperazine rings is 1. The third-order valence-corrected chi connectivity index (χ3v) is 6.07. The van der Waals surface area contributed by atoms with Gasteiger partial charge in [-0.25, -0.2) is 18.4 Å². The standard InChI is InChI=1S/C21H24N4O3S/c1-28-17-8-9-18-19(14-17)22-20(21(23-18)29(2,26)27)25-12-10-24(11-13-25)15-16-6-4-3-5-7-16/h3-9,14H,10-13,15H2,1-2H3. The Morgan fingerprint density at radius 2 is 1.69 bits per heavy atom. The van der Waals surface area contributed by atoms with Crippen LogP contribution in [0.4, 0.5) is 5.82 Å². The van der Waals surface area contributed by atoms with Gasteiger partial charge < -0.3 is 9.64 Å². The molecule has 0 saturated carbocycles. The quantitative estimate of drug-likeness (QED) is 0.637. The molecule has 2 aromatic carbocycles. The first-order chi connectivity index (χ1) is 13.9. The molecule has 2 heterocycles. The number of hydrogen-bond donors (Lipinski definition) is 0. The van der Waals surface area contributed by atoms with E-state index in [9.17, 15) is 8.42 Å². The van der Waals surface area contributed by atoms with E-state index in [0.717, 1.165) is 19.6 Å². The van der Waals surface area contributed by atoms with Crippen LogP contribution in [0.1, 0.15) is 5.56 Å². The van der Waals surface area contributed by atoms with Crippen molar-refractivity contribution in [3.05, 3.63) is 54.1 Å². The molecule has 0 spiro atoms. The van der Waals surface area contributed by atoms with E-state index < -0.39 is 9.84 Å². The van der Waals surface area contributed by atoms with Gasteiger partial charge in [0.05, 0.1) is 18.1 Å². The minimum atomic E-state index is -3.51. The monoisotopic (exact) mass is 412 g/mol. The summed E-state index contributed by atoms with van der Waals surface area (Å²) < 4.78 is 30.1. The molecule has 4 rings (SSSR count). The van der Waals surface area contributed by atoms with Crippen molar-refractivity contribution in [1.29, 1.82) is 0 Å². The molecule has 0 bridgehead atoms. The Kier molecular flexibility index (Phi) is 5.38. The van der Waals surface area contributed by atoms with Crippen molar-refractivity contribution in [2.24, 2.45) is 0 Å². The SMILES string of the molecule is COc1ccc2nc(S(C)(=O)=O)c(N3CCN(Cc4ccccc4)CC3)nc2c1. The van der Waals surface area contributed by atoms with Gasteiger partial charge in [0.25, 0.3) is 0 Å². The molecule has 0 radical (unpaired) electrons. The van der Waals surface area contributed by atoms with Crippen molar-refractivity contribution < 1.29 is 13.2 Å². The van der Waals surface area contributed by atoms with Gasteiger partial charge in [-0.15, -0.1) is 0 Å². The summed E-state index contributed by atoms with van der Waals surface area (Å²) in [6.45, 7) is 3.93. The van der Waals surface area contributed by atoms with Crippen molar-refractivity contribution in [2.45, 2.75) is 11.6 Å². The highest BCUT2D eigenvalue weighted by atomic mass is 32.2. The van der Waals surface area contributed by atoms with Crippen molar-refractivity contribution in [3.63, 3.8) is 0 Å². The lowest BCUT2D eigenvalue weighted by Crippen LogP contribution is -2.46. The van der Waals surface area contributed by atoms with E-state index in [1.807, 2.05) is 23.1 Å². The van der Waals surface area contributed by atoms with Gasteiger partial charge >= 0.3 is 0 Å². The van der Waals surface area contributed by atoms with Crippen molar-refractivity contribution in [3.8, 4) is 5.75 Å². The average Bonchev–Trinajstić information content (AvgIpc) is 2.73. The molecule has 29 heavy (non-hydrogen) atoms. The van der Waals surface area contributed by atoms with Crippen LogP contribution in [0.3, 0.4) is 0 Å². The van der Waals surface area contributed by atoms with Crippen molar-refractivity contribution >= 4 is 26.7 Å². The minimum Gasteiger partial charge on any atom is -0.497 e. The molecular formula is C21H24N4O3S. The first-order valence-corrected chi connectivity index (χ1v) is 11.4. The zero-order chi connectivity index (χ0) is 20.4. The first-order valence-electron chi connectivity index (χ1n) is 9.51. The highest BCUT2D eigenvalue weighted by molar-refractivity contribution is 7.90. The van der Waals surface area contributed by atoms with Gasteiger partial charge in [0, 0.05) is 45.0 Å². The average molecular weight is 413 g/mol. The normalized spacial score (nSPS) is 15.6. The fourth-order valence-electron chi connectivity index (χ4n) is 3.55. The number of nitrogens with zero attached hydrogens (tertiary/aromatic N) is 4. The summed E-state index contributed by atoms with van der Waals surface area (Å²) >= 11 is 0. The number of aromatic nitrogens is 2. The van der Waals surface area contributed by atoms with Gasteiger partial charge in [0.15, 0.2) is 20.7 Å². The van der Waals surface area contributed by atoms with Gasteiger partial charge in [-0.05, 0) is 17.7 Å². The smallest absolute Gasteiger partial charge is 0.198 e. The molecule has 7 nitrogen and oxygen atoms in total. The van der Waals surface area contributed by atoms with Crippen LogP contribution in [0, 0.1) is 0 Å². The van der Waals surface area contributed by atoms with Crippen molar-refractivity contribution in [2.75, 3.05) is 44.4 Å². The Bertz CT molecular complexity index is 1110. The lowest BCUT2D eigenvalue weighted by molar-refractivity contribution is 0.249. The zero-order valence-corrected chi connectivity index (χ0v) is 17.4. The van der Waals surface area contributed by atoms with Gasteiger partial charge in [-0.1, -0.05) is 30.3 Å². The Labute approximate surface area is 170 Å². The van der Waals surface area contributed by atoms with E-state index in [4.69, 9.17) is 4.74 Å². The molecule has 1 fully saturated rings. The molecular weight excluding hydrogens is 388 g/mol. The molecule has 0 atom stereocenters. The first kappa shape index (κ1) is 19.6. The number of anilines is 1. The second-order valence-electron chi connectivity index (χ2n) is 7.23. The fraction of sp³-hybridized carbons (Fsp3) is 0.333. The molecule has 0 aliphatic carbocycles. The summed E-state index contributed by atoms with van der Waals surface area (Å²) in [4.78, 5) is 13.5. The minimum absolute atomic E-state index is 0.0340. The lowest BCUT2D eigenvalue weighted by Gasteiger charge is -2.35. The lowest BCUT2D eigenvalue weighted by atomic mass is 10.2. The maximum Gasteiger partial charge on any atom is 0.198 e. The highest BCUT2D eigenvalue weighted by Crippen LogP contribution is 2.27. The number of hydrogen-bond acceptors (Lipinski definition) is 7. The molecule has 0 amide bonds. The third-order valence-electron chi connectivity index (χ3n) is 5.09. The summed E-state index contributed by atoms with van der Waals surface area (Å²) in [5, 5.41) is 0.0340. The van der Waals surface area contributed by atoms with Crippen LogP contribution >= 0.6 is 0 Å². The number of rotatable bonds is 5. The third kappa shape index (κ3) is 4.33. The van der Waals surface area contributed by atoms with Crippen LogP contribution in [0.25, 0.3) is 11.0 Å². The maximum absolute atomic E-state index is 12.4. The van der Waals surface area contributed by atoms with E-state index >= 15 is 0 Å². The Balaban J connectivity index is 1.61. The van der Waals surface area contributed by atoms with E-state index in [2.05, 4.69) is 27.0 Å². The Hall–Kier alpha value is -2.71. The summed E-state index contributed by atoms with van der Waals surface area (Å²) in [6, 6.07) is 15.6. The van der Waals surface area contributed by atoms with Crippen LogP contribution in [0.15, 0.2) is 53.6 Å². The summed E-state index contributed by atoms with van der Waals surface area (Å²) in [6.07, 6.45) is 1.18. The predicted octanol–water partition coefficient (Wildman–Crippen LogP) is 2.36. The number of ether oxygens (including phenoxy) is 1. The van der Waals surface area contributed by atoms with Gasteiger partial charge in [-0.3, -0.25) is 4.90 Å². The van der Waals surface area contributed by atoms with E-state index in [-0.39, 0.29) is 5.03 Å². The topological polar surface area (TPSA) is 75.6 Å². The summed E-state index contributed by atoms with van der Waals surface area (Å²) in [5.74, 6) is 1.09. The van der Waals surface area contributed by atoms with Crippen LogP contribution in [-0.4, -0.2) is 62.8 Å². The largest absolute Gasteiger partial charge is 0.497 e. The molecule has 0 unspecified atom stereocenters. The maximum atomic E-state index is 12.4. The Morgan fingerprint density at radius 1 is 0.966 bits per heavy atom. The van der Waals surface area contributed by atoms with E-state index in [1.165, 1.54) is 11.8 Å². The van der Waals surface area contributed by atoms with Crippen LogP contribution in [0.2, 0.25) is 0 Å². The van der Waals surface area contributed by atoms with Crippen LogP contribution in [-0.2, 0) is 16.4 Å². The highest BCUT2D eigenvalue weighted by Gasteiger charge is 2.26. The van der Waals surface area contributed by atoms with E-state index in [1.54, 1.807) is 25.3 Å². The molecule has 1 aliphatic rings. The number of methoxy groups -OCH3 is 1. The van der Waals surface area contributed by atoms with Crippen molar-refractivity contribution in [1.82, 2.24) is 14.9 Å². The summed E-state index contributed by atoms with van der Waals surface area (Å²) in [5.41, 5.74) is 2.44. The molecule has 0 N–H and O–H groups in total. The Morgan fingerprint density at radius 3 is 2.34 bits per heavy atom. The number of benzene rings is 2. The molecule has 1 aliphatic heterocycles. The molecule has 1 aromatic heterocycles. The molecule has 1 saturated heterocycles. The number of sulfone groups is 1. The summed E-state index contributed by atoms with van der Waals surface area (Å²) in [7, 11) is -1.92. The number of fused-ring (bicyclic) bond motifs is 1. The molecule has 152 valence electrons. The van der Waals surface area contributed by atoms with Gasteiger partial charge in [0.1, 0.15) is 5.75 Å². The second-order valence-corrected chi connectivity index (χ2v) is 9.16.